The molecule has 9 heteroatoms. The third-order valence-corrected chi connectivity index (χ3v) is 5.37. The first-order chi connectivity index (χ1) is 14.8. The number of hydrogen-bond acceptors (Lipinski definition) is 4. The van der Waals surface area contributed by atoms with Gasteiger partial charge in [0.25, 0.3) is 5.91 Å². The number of fused-ring (bicyclic) bond motifs is 1. The van der Waals surface area contributed by atoms with E-state index in [1.165, 1.54) is 17.0 Å². The van der Waals surface area contributed by atoms with E-state index in [9.17, 15) is 18.0 Å². The second kappa shape index (κ2) is 8.14. The summed E-state index contributed by atoms with van der Waals surface area (Å²) in [4.78, 5) is 14.3. The van der Waals surface area contributed by atoms with Gasteiger partial charge in [-0.15, -0.1) is 10.2 Å². The summed E-state index contributed by atoms with van der Waals surface area (Å²) in [6.45, 7) is 2.22. The molecule has 1 aliphatic heterocycles. The van der Waals surface area contributed by atoms with Crippen LogP contribution in [0.2, 0.25) is 0 Å². The van der Waals surface area contributed by atoms with E-state index in [-0.39, 0.29) is 23.8 Å². The largest absolute Gasteiger partial charge is 0.416 e. The summed E-state index contributed by atoms with van der Waals surface area (Å²) >= 11 is 0. The molecule has 0 saturated carbocycles. The number of rotatable bonds is 6. The van der Waals surface area contributed by atoms with Gasteiger partial charge in [0, 0.05) is 31.3 Å². The number of ether oxygens (including phenoxy) is 1. The molecule has 0 spiro atoms. The number of nitrogens with zero attached hydrogens (tertiary/aromatic N) is 4. The van der Waals surface area contributed by atoms with Crippen molar-refractivity contribution < 1.29 is 22.7 Å². The molecule has 0 fully saturated rings. The fourth-order valence-electron chi connectivity index (χ4n) is 3.83. The smallest absolute Gasteiger partial charge is 0.373 e. The van der Waals surface area contributed by atoms with E-state index in [0.717, 1.165) is 17.5 Å². The number of alkyl halides is 3. The zero-order valence-corrected chi connectivity index (χ0v) is 17.1. The molecule has 1 atom stereocenters. The van der Waals surface area contributed by atoms with Gasteiger partial charge in [0.15, 0.2) is 0 Å². The van der Waals surface area contributed by atoms with Crippen LogP contribution in [-0.2, 0) is 30.9 Å². The molecule has 1 aliphatic rings. The lowest BCUT2D eigenvalue weighted by Crippen LogP contribution is -2.23. The number of aromatic nitrogens is 3. The molecule has 0 saturated heterocycles. The van der Waals surface area contributed by atoms with Crippen LogP contribution in [0.25, 0.3) is 0 Å². The number of halogens is 3. The molecular weight excluding hydrogens is 409 g/mol. The van der Waals surface area contributed by atoms with E-state index < -0.39 is 17.6 Å². The van der Waals surface area contributed by atoms with Gasteiger partial charge in [-0.1, -0.05) is 18.2 Å². The molecule has 31 heavy (non-hydrogen) atoms. The van der Waals surface area contributed by atoms with E-state index in [4.69, 9.17) is 4.74 Å². The van der Waals surface area contributed by atoms with Crippen LogP contribution >= 0.6 is 0 Å². The fraction of sp³-hybridized carbons (Fsp3) is 0.318. The Hall–Kier alpha value is -3.20. The van der Waals surface area contributed by atoms with Crippen molar-refractivity contribution in [3.05, 3.63) is 76.9 Å². The maximum absolute atomic E-state index is 13.4. The van der Waals surface area contributed by atoms with Gasteiger partial charge in [-0.05, 0) is 42.3 Å². The molecule has 2 heterocycles. The van der Waals surface area contributed by atoms with Crippen LogP contribution < -0.4 is 4.90 Å². The van der Waals surface area contributed by atoms with Gasteiger partial charge in [0.1, 0.15) is 12.2 Å². The number of amides is 1. The number of anilines is 1. The van der Waals surface area contributed by atoms with E-state index in [1.54, 1.807) is 29.1 Å². The topological polar surface area (TPSA) is 60.3 Å². The molecule has 1 aromatic heterocycles. The summed E-state index contributed by atoms with van der Waals surface area (Å²) in [6.07, 6.45) is -2.77. The van der Waals surface area contributed by atoms with Crippen LogP contribution in [0.5, 0.6) is 0 Å². The summed E-state index contributed by atoms with van der Waals surface area (Å²) in [7, 11) is 1.84. The van der Waals surface area contributed by atoms with E-state index in [2.05, 4.69) is 10.2 Å². The zero-order valence-electron chi connectivity index (χ0n) is 17.1. The molecule has 3 aromatic rings. The van der Waals surface area contributed by atoms with E-state index >= 15 is 0 Å². The highest BCUT2D eigenvalue weighted by Crippen LogP contribution is 2.39. The minimum absolute atomic E-state index is 0.00541. The van der Waals surface area contributed by atoms with Gasteiger partial charge >= 0.3 is 6.18 Å². The Morgan fingerprint density at radius 3 is 2.65 bits per heavy atom. The Morgan fingerprint density at radius 1 is 1.19 bits per heavy atom. The maximum Gasteiger partial charge on any atom is 0.416 e. The highest BCUT2D eigenvalue weighted by atomic mass is 19.4. The summed E-state index contributed by atoms with van der Waals surface area (Å²) in [6, 6.07) is 10.9. The first-order valence-electron chi connectivity index (χ1n) is 9.85. The van der Waals surface area contributed by atoms with Gasteiger partial charge in [-0.3, -0.25) is 4.79 Å². The van der Waals surface area contributed by atoms with Crippen molar-refractivity contribution in [2.75, 3.05) is 11.5 Å². The van der Waals surface area contributed by atoms with Crippen LogP contribution in [0.4, 0.5) is 18.9 Å². The maximum atomic E-state index is 13.4. The molecular formula is C22H21F3N4O2. The fourth-order valence-corrected chi connectivity index (χ4v) is 3.83. The lowest BCUT2D eigenvalue weighted by atomic mass is 10.0. The molecule has 0 aliphatic carbocycles. The lowest BCUT2D eigenvalue weighted by molar-refractivity contribution is -0.138. The van der Waals surface area contributed by atoms with Crippen molar-refractivity contribution >= 4 is 11.6 Å². The van der Waals surface area contributed by atoms with Gasteiger partial charge in [0.05, 0.1) is 18.2 Å². The highest BCUT2D eigenvalue weighted by Gasteiger charge is 2.39. The average molecular weight is 430 g/mol. The Balaban J connectivity index is 1.65. The molecule has 0 radical (unpaired) electrons. The van der Waals surface area contributed by atoms with Crippen molar-refractivity contribution in [1.29, 1.82) is 0 Å². The first-order valence-corrected chi connectivity index (χ1v) is 9.85. The van der Waals surface area contributed by atoms with Crippen LogP contribution in [0.1, 0.15) is 45.9 Å². The van der Waals surface area contributed by atoms with Crippen molar-refractivity contribution in [3.63, 3.8) is 0 Å². The van der Waals surface area contributed by atoms with Crippen LogP contribution in [0.15, 0.2) is 48.8 Å². The minimum Gasteiger partial charge on any atom is -0.373 e. The molecule has 1 amide bonds. The van der Waals surface area contributed by atoms with Crippen molar-refractivity contribution in [1.82, 2.24) is 14.8 Å². The van der Waals surface area contributed by atoms with Gasteiger partial charge < -0.3 is 14.2 Å². The SMILES string of the molecule is CCOC(Cc1nncn1C)c1cccc(N2Cc3c(cccc3C(F)(F)F)C2=O)c1. The minimum atomic E-state index is -4.51. The molecule has 4 rings (SSSR count). The van der Waals surface area contributed by atoms with Gasteiger partial charge in [-0.25, -0.2) is 0 Å². The summed E-state index contributed by atoms with van der Waals surface area (Å²) in [5.74, 6) is 0.294. The van der Waals surface area contributed by atoms with Crippen LogP contribution in [-0.4, -0.2) is 27.3 Å². The lowest BCUT2D eigenvalue weighted by Gasteiger charge is -2.21. The number of carbonyl (C=O) groups is 1. The normalized spacial score (nSPS) is 14.7. The zero-order chi connectivity index (χ0) is 22.2. The number of hydrogen-bond donors (Lipinski definition) is 0. The Labute approximate surface area is 177 Å². The Kier molecular flexibility index (Phi) is 5.53. The molecule has 6 nitrogen and oxygen atoms in total. The number of carbonyl (C=O) groups excluding carboxylic acids is 1. The second-order valence-electron chi connectivity index (χ2n) is 7.32. The van der Waals surface area contributed by atoms with Gasteiger partial charge in [-0.2, -0.15) is 13.2 Å². The van der Waals surface area contributed by atoms with E-state index in [0.29, 0.717) is 18.7 Å². The number of benzene rings is 2. The molecule has 2 aromatic carbocycles. The molecule has 1 unspecified atom stereocenters. The third-order valence-electron chi connectivity index (χ3n) is 5.37. The Morgan fingerprint density at radius 2 is 1.97 bits per heavy atom. The van der Waals surface area contributed by atoms with Crippen molar-refractivity contribution in [2.24, 2.45) is 7.05 Å². The van der Waals surface area contributed by atoms with Crippen LogP contribution in [0, 0.1) is 0 Å². The monoisotopic (exact) mass is 430 g/mol. The third kappa shape index (κ3) is 4.05. The second-order valence-corrected chi connectivity index (χ2v) is 7.32. The van der Waals surface area contributed by atoms with Crippen molar-refractivity contribution in [2.45, 2.75) is 32.2 Å². The van der Waals surface area contributed by atoms with E-state index in [1.807, 2.05) is 20.0 Å². The quantitative estimate of drug-likeness (QED) is 0.585. The molecule has 0 N–H and O–H groups in total. The summed E-state index contributed by atoms with van der Waals surface area (Å²) < 4.78 is 47.9. The van der Waals surface area contributed by atoms with Gasteiger partial charge in [0.2, 0.25) is 0 Å². The first kappa shape index (κ1) is 21.0. The summed E-state index contributed by atoms with van der Waals surface area (Å²) in [5.41, 5.74) is 0.648. The van der Waals surface area contributed by atoms with Crippen molar-refractivity contribution in [3.8, 4) is 0 Å². The standard InChI is InChI=1S/C22H21F3N4O2/c1-3-31-19(11-20-27-26-13-28(20)2)14-6-4-7-15(10-14)29-12-17-16(21(29)30)8-5-9-18(17)22(23,24)25/h4-10,13,19H,3,11-12H2,1-2H3. The molecule has 162 valence electrons. The number of aryl methyl sites for hydroxylation is 1. The average Bonchev–Trinajstić information content (AvgIpc) is 3.30. The molecule has 0 bridgehead atoms. The predicted octanol–water partition coefficient (Wildman–Crippen LogP) is 4.31. The Bertz CT molecular complexity index is 1110. The predicted molar refractivity (Wildman–Crippen MR) is 107 cm³/mol. The summed E-state index contributed by atoms with van der Waals surface area (Å²) in [5, 5.41) is 7.98. The highest BCUT2D eigenvalue weighted by molar-refractivity contribution is 6.10. The van der Waals surface area contributed by atoms with Crippen LogP contribution in [0.3, 0.4) is 0 Å².